The van der Waals surface area contributed by atoms with Crippen molar-refractivity contribution in [1.82, 2.24) is 5.32 Å². The van der Waals surface area contributed by atoms with Crippen molar-refractivity contribution in [3.63, 3.8) is 0 Å². The lowest BCUT2D eigenvalue weighted by molar-refractivity contribution is 0.197. The van der Waals surface area contributed by atoms with Gasteiger partial charge in [0.05, 0.1) is 0 Å². The van der Waals surface area contributed by atoms with E-state index < -0.39 is 16.1 Å². The van der Waals surface area contributed by atoms with Crippen LogP contribution < -0.4 is 15.4 Å². The Bertz CT molecular complexity index is 723. The predicted octanol–water partition coefficient (Wildman–Crippen LogP) is 5.88. The minimum Gasteiger partial charge on any atom is -0.410 e. The first-order chi connectivity index (χ1) is 12.1. The van der Waals surface area contributed by atoms with E-state index in [-0.39, 0.29) is 5.41 Å². The van der Waals surface area contributed by atoms with E-state index in [1.807, 2.05) is 30.3 Å². The zero-order valence-electron chi connectivity index (χ0n) is 14.7. The molecule has 1 atom stereocenters. The van der Waals surface area contributed by atoms with Crippen molar-refractivity contribution in [3.8, 4) is 5.75 Å². The number of carbonyl (C=O) groups excluding carboxylic acids is 1. The summed E-state index contributed by atoms with van der Waals surface area (Å²) < 4.78 is 3.51. The molecule has 2 aromatic carbocycles. The summed E-state index contributed by atoms with van der Waals surface area (Å²) in [5.74, 6) is 0.401. The summed E-state index contributed by atoms with van der Waals surface area (Å²) in [7, 11) is 0. The molecule has 0 spiro atoms. The second-order valence-corrected chi connectivity index (χ2v) is 9.16. The highest BCUT2D eigenvalue weighted by molar-refractivity contribution is 6.68. The van der Waals surface area contributed by atoms with Gasteiger partial charge in [0.1, 0.15) is 11.9 Å². The van der Waals surface area contributed by atoms with E-state index in [9.17, 15) is 4.79 Å². The lowest BCUT2D eigenvalue weighted by Crippen LogP contribution is -2.50. The molecular formula is C19H21Cl3N2O2. The molecule has 0 aromatic heterocycles. The van der Waals surface area contributed by atoms with Gasteiger partial charge in [-0.05, 0) is 35.2 Å². The van der Waals surface area contributed by atoms with Crippen LogP contribution >= 0.6 is 34.8 Å². The van der Waals surface area contributed by atoms with Gasteiger partial charge in [0.25, 0.3) is 0 Å². The average Bonchev–Trinajstić information content (AvgIpc) is 2.54. The number of para-hydroxylation sites is 1. The third-order valence-electron chi connectivity index (χ3n) is 3.61. The van der Waals surface area contributed by atoms with E-state index >= 15 is 0 Å². The lowest BCUT2D eigenvalue weighted by Gasteiger charge is -2.27. The normalized spacial score (nSPS) is 13.0. The van der Waals surface area contributed by atoms with Crippen molar-refractivity contribution in [2.75, 3.05) is 5.32 Å². The van der Waals surface area contributed by atoms with Crippen molar-refractivity contribution in [1.29, 1.82) is 0 Å². The molecule has 0 aliphatic rings. The predicted molar refractivity (Wildman–Crippen MR) is 108 cm³/mol. The Morgan fingerprint density at radius 1 is 0.962 bits per heavy atom. The number of amides is 1. The molecule has 0 aliphatic heterocycles. The smallest absolute Gasteiger partial charge is 0.410 e. The van der Waals surface area contributed by atoms with Crippen LogP contribution in [0.5, 0.6) is 5.75 Å². The topological polar surface area (TPSA) is 50.4 Å². The van der Waals surface area contributed by atoms with Crippen LogP contribution in [0.25, 0.3) is 0 Å². The molecule has 0 saturated carbocycles. The second-order valence-electron chi connectivity index (χ2n) is 6.79. The van der Waals surface area contributed by atoms with E-state index in [1.165, 1.54) is 0 Å². The average molecular weight is 416 g/mol. The van der Waals surface area contributed by atoms with E-state index in [0.717, 1.165) is 5.56 Å². The molecule has 0 heterocycles. The number of nitrogens with one attached hydrogen (secondary N) is 2. The maximum Gasteiger partial charge on any atom is 0.414 e. The molecular weight excluding hydrogens is 395 g/mol. The largest absolute Gasteiger partial charge is 0.414 e. The Hall–Kier alpha value is -1.62. The first-order valence-corrected chi connectivity index (χ1v) is 9.16. The van der Waals surface area contributed by atoms with Crippen LogP contribution in [0.15, 0.2) is 54.6 Å². The first kappa shape index (κ1) is 20.7. The number of anilines is 1. The van der Waals surface area contributed by atoms with Crippen LogP contribution in [0.3, 0.4) is 0 Å². The maximum absolute atomic E-state index is 12.2. The summed E-state index contributed by atoms with van der Waals surface area (Å²) in [6.45, 7) is 6.32. The van der Waals surface area contributed by atoms with Crippen LogP contribution in [0.4, 0.5) is 10.5 Å². The summed E-state index contributed by atoms with van der Waals surface area (Å²) in [6, 6.07) is 16.4. The van der Waals surface area contributed by atoms with Crippen molar-refractivity contribution < 1.29 is 9.53 Å². The van der Waals surface area contributed by atoms with Gasteiger partial charge in [0, 0.05) is 5.69 Å². The molecule has 0 fully saturated rings. The molecule has 4 nitrogen and oxygen atoms in total. The van der Waals surface area contributed by atoms with Gasteiger partial charge in [-0.25, -0.2) is 4.79 Å². The third-order valence-corrected chi connectivity index (χ3v) is 4.26. The van der Waals surface area contributed by atoms with Crippen molar-refractivity contribution in [3.05, 3.63) is 60.2 Å². The van der Waals surface area contributed by atoms with Crippen LogP contribution in [0.2, 0.25) is 0 Å². The minimum absolute atomic E-state index is 0.0148. The molecule has 2 rings (SSSR count). The van der Waals surface area contributed by atoms with E-state index in [4.69, 9.17) is 39.5 Å². The van der Waals surface area contributed by atoms with Crippen LogP contribution in [0.1, 0.15) is 26.3 Å². The Kier molecular flexibility index (Phi) is 6.67. The molecule has 0 aliphatic carbocycles. The lowest BCUT2D eigenvalue weighted by atomic mass is 9.87. The van der Waals surface area contributed by atoms with Gasteiger partial charge >= 0.3 is 6.09 Å². The number of alkyl halides is 3. The molecule has 1 amide bonds. The fraction of sp³-hybridized carbons (Fsp3) is 0.316. The van der Waals surface area contributed by atoms with Gasteiger partial charge in [-0.1, -0.05) is 85.9 Å². The van der Waals surface area contributed by atoms with Crippen LogP contribution in [-0.4, -0.2) is 16.1 Å². The van der Waals surface area contributed by atoms with Gasteiger partial charge in [-0.15, -0.1) is 0 Å². The molecule has 26 heavy (non-hydrogen) atoms. The zero-order valence-corrected chi connectivity index (χ0v) is 17.0. The highest BCUT2D eigenvalue weighted by atomic mass is 35.6. The fourth-order valence-electron chi connectivity index (χ4n) is 2.18. The second kappa shape index (κ2) is 8.38. The van der Waals surface area contributed by atoms with Crippen LogP contribution in [-0.2, 0) is 5.41 Å². The molecule has 2 N–H and O–H groups in total. The number of hydrogen-bond acceptors (Lipinski definition) is 3. The van der Waals surface area contributed by atoms with Crippen molar-refractivity contribution in [2.45, 2.75) is 36.1 Å². The monoisotopic (exact) mass is 414 g/mol. The summed E-state index contributed by atoms with van der Waals surface area (Å²) in [5, 5.41) is 5.49. The molecule has 140 valence electrons. The third kappa shape index (κ3) is 6.27. The number of halogens is 3. The van der Waals surface area contributed by atoms with Crippen LogP contribution in [0, 0.1) is 0 Å². The summed E-state index contributed by atoms with van der Waals surface area (Å²) >= 11 is 17.9. The van der Waals surface area contributed by atoms with Gasteiger partial charge < -0.3 is 10.1 Å². The Labute approximate surface area is 168 Å². The SMILES string of the molecule is CC(C)(C)c1ccc(OC(=O)NC(Nc2ccccc2)C(Cl)(Cl)Cl)cc1. The number of hydrogen-bond donors (Lipinski definition) is 2. The van der Waals surface area contributed by atoms with Crippen molar-refractivity contribution in [2.24, 2.45) is 0 Å². The molecule has 0 saturated heterocycles. The minimum atomic E-state index is -1.77. The zero-order chi connectivity index (χ0) is 19.4. The van der Waals surface area contributed by atoms with E-state index in [2.05, 4.69) is 31.4 Å². The van der Waals surface area contributed by atoms with Crippen molar-refractivity contribution >= 4 is 46.6 Å². The van der Waals surface area contributed by atoms with Gasteiger partial charge in [0.15, 0.2) is 0 Å². The molecule has 0 radical (unpaired) electrons. The fourth-order valence-corrected chi connectivity index (χ4v) is 2.51. The summed E-state index contributed by atoms with van der Waals surface area (Å²) in [5.41, 5.74) is 1.84. The highest BCUT2D eigenvalue weighted by Crippen LogP contribution is 2.31. The van der Waals surface area contributed by atoms with Gasteiger partial charge in [0.2, 0.25) is 3.79 Å². The highest BCUT2D eigenvalue weighted by Gasteiger charge is 2.34. The summed E-state index contributed by atoms with van der Waals surface area (Å²) in [4.78, 5) is 12.2. The number of ether oxygens (including phenoxy) is 1. The maximum atomic E-state index is 12.2. The molecule has 1 unspecified atom stereocenters. The van der Waals surface area contributed by atoms with Gasteiger partial charge in [-0.2, -0.15) is 0 Å². The van der Waals surface area contributed by atoms with Gasteiger partial charge in [-0.3, -0.25) is 5.32 Å². The van der Waals surface area contributed by atoms with E-state index in [1.54, 1.807) is 24.3 Å². The Balaban J connectivity index is 2.03. The molecule has 7 heteroatoms. The Morgan fingerprint density at radius 2 is 1.54 bits per heavy atom. The first-order valence-electron chi connectivity index (χ1n) is 8.03. The number of rotatable bonds is 4. The number of benzene rings is 2. The van der Waals surface area contributed by atoms with E-state index in [0.29, 0.717) is 11.4 Å². The molecule has 0 bridgehead atoms. The molecule has 2 aromatic rings. The number of carbonyl (C=O) groups is 1. The standard InChI is InChI=1S/C19H21Cl3N2O2/c1-18(2,3)13-9-11-15(12-10-13)26-17(25)24-16(19(20,21)22)23-14-7-5-4-6-8-14/h4-12,16,23H,1-3H3,(H,24,25). The summed E-state index contributed by atoms with van der Waals surface area (Å²) in [6.07, 6.45) is -1.70. The Morgan fingerprint density at radius 3 is 2.04 bits per heavy atom. The quantitative estimate of drug-likeness (QED) is 0.484.